The van der Waals surface area contributed by atoms with E-state index in [0.29, 0.717) is 11.8 Å². The molecule has 0 aromatic heterocycles. The van der Waals surface area contributed by atoms with Crippen molar-refractivity contribution in [3.63, 3.8) is 0 Å². The van der Waals surface area contributed by atoms with Gasteiger partial charge in [0.25, 0.3) is 0 Å². The van der Waals surface area contributed by atoms with Crippen molar-refractivity contribution in [3.8, 4) is 0 Å². The van der Waals surface area contributed by atoms with Crippen LogP contribution in [0.1, 0.15) is 25.3 Å². The maximum absolute atomic E-state index is 5.81. The molecule has 2 atom stereocenters. The van der Waals surface area contributed by atoms with Crippen molar-refractivity contribution < 1.29 is 0 Å². The van der Waals surface area contributed by atoms with Gasteiger partial charge in [0.1, 0.15) is 0 Å². The molecular formula is C14H17N. The number of rotatable bonds is 1. The molecule has 0 fully saturated rings. The lowest BCUT2D eigenvalue weighted by Crippen LogP contribution is -2.09. The Labute approximate surface area is 91.3 Å². The van der Waals surface area contributed by atoms with Crippen molar-refractivity contribution in [1.82, 2.24) is 0 Å². The van der Waals surface area contributed by atoms with Gasteiger partial charge in [0.15, 0.2) is 0 Å². The van der Waals surface area contributed by atoms with Crippen LogP contribution in [0.2, 0.25) is 0 Å². The van der Waals surface area contributed by atoms with Crippen LogP contribution in [0.3, 0.4) is 0 Å². The maximum Gasteiger partial charge on any atom is 0.0316 e. The van der Waals surface area contributed by atoms with Crippen molar-refractivity contribution in [3.05, 3.63) is 53.6 Å². The van der Waals surface area contributed by atoms with E-state index in [4.69, 9.17) is 5.73 Å². The second-order valence-electron chi connectivity index (χ2n) is 4.32. The minimum Gasteiger partial charge on any atom is -0.399 e. The van der Waals surface area contributed by atoms with Crippen LogP contribution >= 0.6 is 0 Å². The third-order valence-corrected chi connectivity index (χ3v) is 2.97. The minimum absolute atomic E-state index is 0.471. The van der Waals surface area contributed by atoms with Crippen LogP contribution in [0.15, 0.2) is 48.1 Å². The van der Waals surface area contributed by atoms with Crippen LogP contribution in [-0.4, -0.2) is 0 Å². The van der Waals surface area contributed by atoms with Crippen LogP contribution in [0.5, 0.6) is 0 Å². The first-order chi connectivity index (χ1) is 7.16. The molecule has 0 heterocycles. The lowest BCUT2D eigenvalue weighted by molar-refractivity contribution is 0.631. The van der Waals surface area contributed by atoms with E-state index in [2.05, 4.69) is 44.2 Å². The summed E-state index contributed by atoms with van der Waals surface area (Å²) in [6.45, 7) is 4.38. The predicted octanol–water partition coefficient (Wildman–Crippen LogP) is 3.50. The summed E-state index contributed by atoms with van der Waals surface area (Å²) in [7, 11) is 0. The Morgan fingerprint density at radius 2 is 2.07 bits per heavy atom. The molecule has 0 saturated heterocycles. The van der Waals surface area contributed by atoms with Crippen LogP contribution in [0.25, 0.3) is 0 Å². The van der Waals surface area contributed by atoms with Crippen molar-refractivity contribution >= 4 is 5.69 Å². The first kappa shape index (κ1) is 10.0. The Morgan fingerprint density at radius 1 is 1.27 bits per heavy atom. The Hall–Kier alpha value is -1.50. The molecule has 1 aromatic carbocycles. The molecule has 1 heteroatoms. The van der Waals surface area contributed by atoms with Gasteiger partial charge in [-0.25, -0.2) is 0 Å². The second kappa shape index (κ2) is 3.93. The summed E-state index contributed by atoms with van der Waals surface area (Å²) in [5.74, 6) is 1.02. The van der Waals surface area contributed by atoms with E-state index in [-0.39, 0.29) is 0 Å². The molecule has 2 N–H and O–H groups in total. The van der Waals surface area contributed by atoms with Gasteiger partial charge in [-0.3, -0.25) is 0 Å². The fraction of sp³-hybridized carbons (Fsp3) is 0.286. The highest BCUT2D eigenvalue weighted by atomic mass is 14.5. The highest BCUT2D eigenvalue weighted by Gasteiger charge is 2.17. The van der Waals surface area contributed by atoms with E-state index in [0.717, 1.165) is 5.69 Å². The number of benzene rings is 1. The zero-order chi connectivity index (χ0) is 10.8. The average Bonchev–Trinajstić information content (AvgIpc) is 2.22. The van der Waals surface area contributed by atoms with Crippen LogP contribution < -0.4 is 5.73 Å². The zero-order valence-corrected chi connectivity index (χ0v) is 9.27. The molecule has 0 radical (unpaired) electrons. The van der Waals surface area contributed by atoms with E-state index in [9.17, 15) is 0 Å². The number of nitrogens with two attached hydrogens (primary N) is 1. The summed E-state index contributed by atoms with van der Waals surface area (Å²) in [5, 5.41) is 0. The number of hydrogen-bond donors (Lipinski definition) is 1. The van der Waals surface area contributed by atoms with Crippen molar-refractivity contribution in [2.24, 2.45) is 5.92 Å². The normalized spacial score (nSPS) is 25.1. The summed E-state index contributed by atoms with van der Waals surface area (Å²) < 4.78 is 0. The molecule has 0 aliphatic heterocycles. The van der Waals surface area contributed by atoms with Crippen LogP contribution in [0, 0.1) is 5.92 Å². The molecule has 15 heavy (non-hydrogen) atoms. The second-order valence-corrected chi connectivity index (χ2v) is 4.32. The third-order valence-electron chi connectivity index (χ3n) is 2.97. The average molecular weight is 199 g/mol. The van der Waals surface area contributed by atoms with Gasteiger partial charge >= 0.3 is 0 Å². The van der Waals surface area contributed by atoms with Crippen molar-refractivity contribution in [1.29, 1.82) is 0 Å². The van der Waals surface area contributed by atoms with Crippen molar-refractivity contribution in [2.75, 3.05) is 5.73 Å². The quantitative estimate of drug-likeness (QED) is 0.688. The van der Waals surface area contributed by atoms with Gasteiger partial charge in [0.2, 0.25) is 0 Å². The van der Waals surface area contributed by atoms with Gasteiger partial charge in [-0.15, -0.1) is 0 Å². The molecule has 0 saturated carbocycles. The van der Waals surface area contributed by atoms with Crippen molar-refractivity contribution in [2.45, 2.75) is 19.8 Å². The SMILES string of the molecule is CC1=CC(c2cccc(N)c2)C(C)C=C1. The zero-order valence-electron chi connectivity index (χ0n) is 9.27. The van der Waals surface area contributed by atoms with Crippen LogP contribution in [0.4, 0.5) is 5.69 Å². The van der Waals surface area contributed by atoms with Gasteiger partial charge < -0.3 is 5.73 Å². The lowest BCUT2D eigenvalue weighted by atomic mass is 9.82. The molecule has 1 aliphatic rings. The molecule has 2 unspecified atom stereocenters. The first-order valence-electron chi connectivity index (χ1n) is 5.39. The molecule has 1 aliphatic carbocycles. The molecule has 1 aromatic rings. The van der Waals surface area contributed by atoms with Gasteiger partial charge in [-0.1, -0.05) is 42.9 Å². The van der Waals surface area contributed by atoms with E-state index in [1.807, 2.05) is 12.1 Å². The molecule has 1 nitrogen and oxygen atoms in total. The molecular weight excluding hydrogens is 182 g/mol. The standard InChI is InChI=1S/C14H17N/c1-10-6-7-11(2)14(8-10)12-4-3-5-13(15)9-12/h3-9,11,14H,15H2,1-2H3. The highest BCUT2D eigenvalue weighted by Crippen LogP contribution is 2.32. The third kappa shape index (κ3) is 2.12. The van der Waals surface area contributed by atoms with E-state index in [1.165, 1.54) is 11.1 Å². The lowest BCUT2D eigenvalue weighted by Gasteiger charge is -2.22. The molecule has 0 amide bonds. The largest absolute Gasteiger partial charge is 0.399 e. The summed E-state index contributed by atoms with van der Waals surface area (Å²) in [6.07, 6.45) is 6.77. The van der Waals surface area contributed by atoms with E-state index in [1.54, 1.807) is 0 Å². The highest BCUT2D eigenvalue weighted by molar-refractivity contribution is 5.44. The number of anilines is 1. The fourth-order valence-electron chi connectivity index (χ4n) is 2.08. The Morgan fingerprint density at radius 3 is 2.80 bits per heavy atom. The Bertz CT molecular complexity index is 415. The summed E-state index contributed by atoms with van der Waals surface area (Å²) in [5.41, 5.74) is 9.30. The van der Waals surface area contributed by atoms with Gasteiger partial charge in [0, 0.05) is 11.6 Å². The van der Waals surface area contributed by atoms with E-state index >= 15 is 0 Å². The molecule has 0 bridgehead atoms. The topological polar surface area (TPSA) is 26.0 Å². The number of hydrogen-bond acceptors (Lipinski definition) is 1. The summed E-state index contributed by atoms with van der Waals surface area (Å²) >= 11 is 0. The van der Waals surface area contributed by atoms with Gasteiger partial charge in [-0.05, 0) is 30.5 Å². The molecule has 0 spiro atoms. The van der Waals surface area contributed by atoms with Gasteiger partial charge in [0.05, 0.1) is 0 Å². The number of allylic oxidation sites excluding steroid dienone is 4. The summed E-state index contributed by atoms with van der Waals surface area (Å²) in [4.78, 5) is 0. The summed E-state index contributed by atoms with van der Waals surface area (Å²) in [6, 6.07) is 8.19. The molecule has 2 rings (SSSR count). The monoisotopic (exact) mass is 199 g/mol. The Balaban J connectivity index is 2.35. The van der Waals surface area contributed by atoms with E-state index < -0.39 is 0 Å². The smallest absolute Gasteiger partial charge is 0.0316 e. The Kier molecular flexibility index (Phi) is 2.63. The number of nitrogen functional groups attached to an aromatic ring is 1. The fourth-order valence-corrected chi connectivity index (χ4v) is 2.08. The first-order valence-corrected chi connectivity index (χ1v) is 5.39. The maximum atomic E-state index is 5.81. The van der Waals surface area contributed by atoms with Gasteiger partial charge in [-0.2, -0.15) is 0 Å². The predicted molar refractivity (Wildman–Crippen MR) is 65.7 cm³/mol. The minimum atomic E-state index is 0.471. The van der Waals surface area contributed by atoms with Crippen LogP contribution in [-0.2, 0) is 0 Å². The molecule has 78 valence electrons.